The Morgan fingerprint density at radius 2 is 2.31 bits per heavy atom. The van der Waals surface area contributed by atoms with E-state index >= 15 is 0 Å². The van der Waals surface area contributed by atoms with Crippen molar-refractivity contribution >= 4 is 28.9 Å². The first-order valence-corrected chi connectivity index (χ1v) is 5.18. The van der Waals surface area contributed by atoms with Crippen molar-refractivity contribution in [3.8, 4) is 5.75 Å². The van der Waals surface area contributed by atoms with Gasteiger partial charge in [-0.25, -0.2) is 0 Å². The minimum Gasteiger partial charge on any atom is -0.487 e. The average molecular weight is 262 g/mol. The summed E-state index contributed by atoms with van der Waals surface area (Å²) in [6.07, 6.45) is 0. The molecule has 0 fully saturated rings. The third kappa shape index (κ3) is 3.40. The van der Waals surface area contributed by atoms with E-state index in [9.17, 15) is 10.1 Å². The Kier molecular flexibility index (Phi) is 4.58. The van der Waals surface area contributed by atoms with Crippen LogP contribution < -0.4 is 4.74 Å². The zero-order valence-corrected chi connectivity index (χ0v) is 9.96. The third-order valence-corrected chi connectivity index (χ3v) is 2.45. The lowest BCUT2D eigenvalue weighted by Gasteiger charge is -2.07. The molecule has 0 atom stereocenters. The largest absolute Gasteiger partial charge is 0.487 e. The molecule has 4 nitrogen and oxygen atoms in total. The SMILES string of the molecule is C/C(=C/Cl)COc1cc([N+](=O)[O-])ccc1Cl. The van der Waals surface area contributed by atoms with Gasteiger partial charge in [-0.1, -0.05) is 23.2 Å². The summed E-state index contributed by atoms with van der Waals surface area (Å²) in [5.74, 6) is 0.272. The molecule has 1 aromatic carbocycles. The Balaban J connectivity index is 2.86. The Bertz CT molecular complexity index is 432. The van der Waals surface area contributed by atoms with Crippen molar-refractivity contribution < 1.29 is 9.66 Å². The van der Waals surface area contributed by atoms with E-state index in [0.29, 0.717) is 5.02 Å². The minimum atomic E-state index is -0.507. The predicted molar refractivity (Wildman–Crippen MR) is 63.2 cm³/mol. The van der Waals surface area contributed by atoms with E-state index in [2.05, 4.69) is 0 Å². The molecule has 0 spiro atoms. The fourth-order valence-electron chi connectivity index (χ4n) is 0.939. The summed E-state index contributed by atoms with van der Waals surface area (Å²) in [5.41, 5.74) is 2.11. The number of hydrogen-bond donors (Lipinski definition) is 0. The first kappa shape index (κ1) is 12.8. The van der Waals surface area contributed by atoms with Crippen LogP contribution in [0, 0.1) is 10.1 Å². The molecule has 0 N–H and O–H groups in total. The highest BCUT2D eigenvalue weighted by molar-refractivity contribution is 6.32. The van der Waals surface area contributed by atoms with Gasteiger partial charge in [0, 0.05) is 11.6 Å². The van der Waals surface area contributed by atoms with Crippen molar-refractivity contribution in [2.24, 2.45) is 0 Å². The summed E-state index contributed by atoms with van der Waals surface area (Å²) in [7, 11) is 0. The number of ether oxygens (including phenoxy) is 1. The van der Waals surface area contributed by atoms with Gasteiger partial charge in [0.1, 0.15) is 12.4 Å². The molecule has 0 aliphatic heterocycles. The standard InChI is InChI=1S/C10H9Cl2NO3/c1-7(5-11)6-16-10-4-8(13(14)15)2-3-9(10)12/h2-5H,6H2,1H3/b7-5-. The fourth-order valence-corrected chi connectivity index (χ4v) is 1.17. The molecule has 0 unspecified atom stereocenters. The Morgan fingerprint density at radius 3 is 2.88 bits per heavy atom. The van der Waals surface area contributed by atoms with Crippen molar-refractivity contribution in [3.05, 3.63) is 44.4 Å². The molecular weight excluding hydrogens is 253 g/mol. The molecule has 0 aliphatic rings. The monoisotopic (exact) mass is 261 g/mol. The van der Waals surface area contributed by atoms with E-state index in [-0.39, 0.29) is 18.0 Å². The Hall–Kier alpha value is -1.26. The van der Waals surface area contributed by atoms with Crippen LogP contribution in [0.4, 0.5) is 5.69 Å². The van der Waals surface area contributed by atoms with E-state index in [1.54, 1.807) is 6.92 Å². The lowest BCUT2D eigenvalue weighted by molar-refractivity contribution is -0.384. The molecule has 0 radical (unpaired) electrons. The van der Waals surface area contributed by atoms with E-state index in [1.807, 2.05) is 0 Å². The highest BCUT2D eigenvalue weighted by atomic mass is 35.5. The van der Waals surface area contributed by atoms with E-state index in [0.717, 1.165) is 5.57 Å². The molecule has 0 aromatic heterocycles. The van der Waals surface area contributed by atoms with Crippen LogP contribution in [0.25, 0.3) is 0 Å². The molecular formula is C10H9Cl2NO3. The number of halogens is 2. The normalized spacial score (nSPS) is 11.3. The molecule has 16 heavy (non-hydrogen) atoms. The van der Waals surface area contributed by atoms with Gasteiger partial charge in [0.05, 0.1) is 16.0 Å². The summed E-state index contributed by atoms with van der Waals surface area (Å²) >= 11 is 11.3. The van der Waals surface area contributed by atoms with Crippen molar-refractivity contribution in [1.82, 2.24) is 0 Å². The second-order valence-electron chi connectivity index (χ2n) is 3.12. The van der Waals surface area contributed by atoms with Crippen molar-refractivity contribution in [2.45, 2.75) is 6.92 Å². The van der Waals surface area contributed by atoms with Crippen LogP contribution in [0.2, 0.25) is 5.02 Å². The van der Waals surface area contributed by atoms with Crippen LogP contribution in [0.3, 0.4) is 0 Å². The number of nitro groups is 1. The highest BCUT2D eigenvalue weighted by Gasteiger charge is 2.10. The Morgan fingerprint density at radius 1 is 1.62 bits per heavy atom. The van der Waals surface area contributed by atoms with Gasteiger partial charge in [0.25, 0.3) is 5.69 Å². The predicted octanol–water partition coefficient (Wildman–Crippen LogP) is 3.77. The molecule has 0 saturated carbocycles. The van der Waals surface area contributed by atoms with Gasteiger partial charge >= 0.3 is 0 Å². The molecule has 0 amide bonds. The highest BCUT2D eigenvalue weighted by Crippen LogP contribution is 2.29. The summed E-state index contributed by atoms with van der Waals surface area (Å²) < 4.78 is 5.29. The summed E-state index contributed by atoms with van der Waals surface area (Å²) in [5, 5.41) is 10.9. The van der Waals surface area contributed by atoms with Gasteiger partial charge in [0.2, 0.25) is 0 Å². The van der Waals surface area contributed by atoms with Crippen LogP contribution in [0.1, 0.15) is 6.92 Å². The zero-order chi connectivity index (χ0) is 12.1. The minimum absolute atomic E-state index is 0.0630. The number of benzene rings is 1. The van der Waals surface area contributed by atoms with Crippen LogP contribution >= 0.6 is 23.2 Å². The van der Waals surface area contributed by atoms with Gasteiger partial charge in [-0.15, -0.1) is 0 Å². The van der Waals surface area contributed by atoms with Gasteiger partial charge in [-0.2, -0.15) is 0 Å². The summed E-state index contributed by atoms with van der Waals surface area (Å²) in [4.78, 5) is 10.0. The number of nitrogens with zero attached hydrogens (tertiary/aromatic N) is 1. The number of nitro benzene ring substituents is 1. The number of rotatable bonds is 4. The third-order valence-electron chi connectivity index (χ3n) is 1.77. The molecule has 0 bridgehead atoms. The maximum Gasteiger partial charge on any atom is 0.273 e. The van der Waals surface area contributed by atoms with E-state index in [4.69, 9.17) is 27.9 Å². The first-order chi connectivity index (χ1) is 7.54. The second kappa shape index (κ2) is 5.72. The lowest BCUT2D eigenvalue weighted by atomic mass is 10.3. The van der Waals surface area contributed by atoms with Crippen molar-refractivity contribution in [3.63, 3.8) is 0 Å². The lowest BCUT2D eigenvalue weighted by Crippen LogP contribution is -1.99. The fraction of sp³-hybridized carbons (Fsp3) is 0.200. The van der Waals surface area contributed by atoms with Crippen LogP contribution in [0.15, 0.2) is 29.3 Å². The Labute approximate surface area is 103 Å². The quantitative estimate of drug-likeness (QED) is 0.613. The molecule has 0 saturated heterocycles. The van der Waals surface area contributed by atoms with Crippen molar-refractivity contribution in [2.75, 3.05) is 6.61 Å². The van der Waals surface area contributed by atoms with Gasteiger partial charge < -0.3 is 4.74 Å². The molecule has 0 aliphatic carbocycles. The van der Waals surface area contributed by atoms with E-state index < -0.39 is 4.92 Å². The second-order valence-corrected chi connectivity index (χ2v) is 3.74. The van der Waals surface area contributed by atoms with Crippen LogP contribution in [-0.2, 0) is 0 Å². The zero-order valence-electron chi connectivity index (χ0n) is 8.44. The molecule has 1 rings (SSSR count). The van der Waals surface area contributed by atoms with Gasteiger partial charge in [-0.3, -0.25) is 10.1 Å². The first-order valence-electron chi connectivity index (χ1n) is 4.37. The topological polar surface area (TPSA) is 52.4 Å². The molecule has 86 valence electrons. The summed E-state index contributed by atoms with van der Waals surface area (Å²) in [6, 6.07) is 4.03. The van der Waals surface area contributed by atoms with Crippen LogP contribution in [-0.4, -0.2) is 11.5 Å². The molecule has 0 heterocycles. The smallest absolute Gasteiger partial charge is 0.273 e. The van der Waals surface area contributed by atoms with Crippen LogP contribution in [0.5, 0.6) is 5.75 Å². The molecule has 6 heteroatoms. The number of non-ortho nitro benzene ring substituents is 1. The summed E-state index contributed by atoms with van der Waals surface area (Å²) in [6.45, 7) is 2.02. The molecule has 1 aromatic rings. The van der Waals surface area contributed by atoms with Gasteiger partial charge in [-0.05, 0) is 18.6 Å². The van der Waals surface area contributed by atoms with E-state index in [1.165, 1.54) is 23.7 Å². The maximum absolute atomic E-state index is 10.5. The van der Waals surface area contributed by atoms with Gasteiger partial charge in [0.15, 0.2) is 0 Å². The number of hydrogen-bond acceptors (Lipinski definition) is 3. The van der Waals surface area contributed by atoms with Crippen molar-refractivity contribution in [1.29, 1.82) is 0 Å². The average Bonchev–Trinajstić information content (AvgIpc) is 2.27. The maximum atomic E-state index is 10.5.